The second-order valence-corrected chi connectivity index (χ2v) is 11.2. The lowest BCUT2D eigenvalue weighted by Gasteiger charge is -2.28. The number of hydrogen-bond donors (Lipinski definition) is 1. The highest BCUT2D eigenvalue weighted by molar-refractivity contribution is 6.31. The van der Waals surface area contributed by atoms with Crippen LogP contribution in [-0.2, 0) is 10.2 Å². The molecule has 6 nitrogen and oxygen atoms in total. The zero-order valence-electron chi connectivity index (χ0n) is 21.9. The topological polar surface area (TPSA) is 74.0 Å². The van der Waals surface area contributed by atoms with Crippen molar-refractivity contribution in [2.24, 2.45) is 0 Å². The molecule has 0 spiro atoms. The van der Waals surface area contributed by atoms with Crippen LogP contribution in [0.5, 0.6) is 0 Å². The van der Waals surface area contributed by atoms with Crippen LogP contribution in [0.15, 0.2) is 88.5 Å². The fourth-order valence-electron chi connectivity index (χ4n) is 4.75. The van der Waals surface area contributed by atoms with E-state index in [2.05, 4.69) is 20.8 Å². The Bertz CT molecular complexity index is 1580. The largest absolute Gasteiger partial charge is 0.503 e. The minimum absolute atomic E-state index is 0.0245. The van der Waals surface area contributed by atoms with E-state index in [1.54, 1.807) is 24.3 Å². The van der Waals surface area contributed by atoms with Crippen molar-refractivity contribution >= 4 is 45.6 Å². The number of nitrogens with zero attached hydrogens (tertiary/aromatic N) is 2. The molecule has 1 aliphatic rings. The Morgan fingerprint density at radius 3 is 2.24 bits per heavy atom. The van der Waals surface area contributed by atoms with Crippen LogP contribution in [0.25, 0.3) is 11.0 Å². The fraction of sp³-hybridized carbons (Fsp3) is 0.226. The van der Waals surface area contributed by atoms with E-state index in [1.807, 2.05) is 67.5 Å². The summed E-state index contributed by atoms with van der Waals surface area (Å²) in [6.45, 7) is 6.34. The summed E-state index contributed by atoms with van der Waals surface area (Å²) in [5.74, 6) is -1.76. The number of carbonyl (C=O) groups excluding carboxylic acids is 2. The predicted octanol–water partition coefficient (Wildman–Crippen LogP) is 7.23. The second-order valence-electron chi connectivity index (χ2n) is 10.7. The molecule has 3 aromatic carbocycles. The lowest BCUT2D eigenvalue weighted by atomic mass is 9.87. The van der Waals surface area contributed by atoms with Crippen LogP contribution in [0.1, 0.15) is 48.5 Å². The van der Waals surface area contributed by atoms with Gasteiger partial charge in [-0.05, 0) is 65.1 Å². The first-order valence-electron chi connectivity index (χ1n) is 12.3. The minimum Gasteiger partial charge on any atom is -0.503 e. The number of furan rings is 1. The molecule has 0 saturated heterocycles. The highest BCUT2D eigenvalue weighted by Crippen LogP contribution is 2.43. The molecule has 2 heterocycles. The number of aliphatic hydroxyl groups excluding tert-OH is 1. The first kappa shape index (κ1) is 25.6. The number of Topliss-reactive ketones (excluding diaryl/α,β-unsaturated/α-hetero) is 1. The SMILES string of the molecule is CN(C)c1ccc(C2C(C(=O)c3cc4cc(Cl)ccc4o3)=C(O)C(=O)N2c2ccc(C(C)(C)C)cc2)cc1. The van der Waals surface area contributed by atoms with Crippen LogP contribution in [0.2, 0.25) is 5.02 Å². The third-order valence-electron chi connectivity index (χ3n) is 6.89. The van der Waals surface area contributed by atoms with Gasteiger partial charge in [-0.1, -0.05) is 56.6 Å². The average molecular weight is 529 g/mol. The van der Waals surface area contributed by atoms with Gasteiger partial charge in [0.25, 0.3) is 5.91 Å². The summed E-state index contributed by atoms with van der Waals surface area (Å²) >= 11 is 6.11. The van der Waals surface area contributed by atoms with E-state index in [9.17, 15) is 14.7 Å². The highest BCUT2D eigenvalue weighted by atomic mass is 35.5. The first-order valence-corrected chi connectivity index (χ1v) is 12.7. The van der Waals surface area contributed by atoms with Gasteiger partial charge in [0.15, 0.2) is 11.5 Å². The summed E-state index contributed by atoms with van der Waals surface area (Å²) in [6, 6.07) is 21.0. The number of carbonyl (C=O) groups is 2. The van der Waals surface area contributed by atoms with E-state index in [-0.39, 0.29) is 16.7 Å². The van der Waals surface area contributed by atoms with Gasteiger partial charge in [0.05, 0.1) is 11.6 Å². The van der Waals surface area contributed by atoms with Crippen molar-refractivity contribution in [1.29, 1.82) is 0 Å². The summed E-state index contributed by atoms with van der Waals surface area (Å²) in [7, 11) is 3.87. The van der Waals surface area contributed by atoms with Crippen molar-refractivity contribution in [3.8, 4) is 0 Å². The maximum atomic E-state index is 13.8. The fourth-order valence-corrected chi connectivity index (χ4v) is 4.94. The van der Waals surface area contributed by atoms with Gasteiger partial charge in [-0.2, -0.15) is 0 Å². The van der Waals surface area contributed by atoms with Crippen molar-refractivity contribution in [3.05, 3.63) is 106 Å². The zero-order chi connectivity index (χ0) is 27.4. The Morgan fingerprint density at radius 1 is 0.974 bits per heavy atom. The number of amides is 1. The summed E-state index contributed by atoms with van der Waals surface area (Å²) in [5, 5.41) is 12.3. The van der Waals surface area contributed by atoms with E-state index in [1.165, 1.54) is 4.90 Å². The molecule has 0 saturated carbocycles. The maximum Gasteiger partial charge on any atom is 0.294 e. The Morgan fingerprint density at radius 2 is 1.63 bits per heavy atom. The Balaban J connectivity index is 1.63. The molecule has 1 aliphatic heterocycles. The maximum absolute atomic E-state index is 13.8. The van der Waals surface area contributed by atoms with Crippen molar-refractivity contribution in [2.45, 2.75) is 32.2 Å². The molecule has 0 fully saturated rings. The predicted molar refractivity (Wildman–Crippen MR) is 151 cm³/mol. The van der Waals surface area contributed by atoms with E-state index in [4.69, 9.17) is 16.0 Å². The molecule has 1 unspecified atom stereocenters. The molecule has 5 rings (SSSR count). The van der Waals surface area contributed by atoms with Gasteiger partial charge < -0.3 is 14.4 Å². The number of hydrogen-bond acceptors (Lipinski definition) is 5. The summed E-state index contributed by atoms with van der Waals surface area (Å²) < 4.78 is 5.82. The third kappa shape index (κ3) is 4.45. The van der Waals surface area contributed by atoms with Crippen molar-refractivity contribution in [1.82, 2.24) is 0 Å². The van der Waals surface area contributed by atoms with E-state index >= 15 is 0 Å². The highest BCUT2D eigenvalue weighted by Gasteiger charge is 2.45. The van der Waals surface area contributed by atoms with Gasteiger partial charge in [0, 0.05) is 35.9 Å². The molecule has 0 aliphatic carbocycles. The molecule has 38 heavy (non-hydrogen) atoms. The van der Waals surface area contributed by atoms with Crippen molar-refractivity contribution in [3.63, 3.8) is 0 Å². The first-order chi connectivity index (χ1) is 18.0. The zero-order valence-corrected chi connectivity index (χ0v) is 22.7. The second kappa shape index (κ2) is 9.37. The van der Waals surface area contributed by atoms with Gasteiger partial charge in [0.1, 0.15) is 5.58 Å². The van der Waals surface area contributed by atoms with E-state index in [0.717, 1.165) is 11.3 Å². The molecule has 0 bridgehead atoms. The lowest BCUT2D eigenvalue weighted by molar-refractivity contribution is -0.117. The van der Waals surface area contributed by atoms with Crippen molar-refractivity contribution in [2.75, 3.05) is 23.9 Å². The quantitative estimate of drug-likeness (QED) is 0.276. The number of anilines is 2. The van der Waals surface area contributed by atoms with Crippen LogP contribution in [-0.4, -0.2) is 30.9 Å². The molecule has 0 radical (unpaired) electrons. The number of benzene rings is 3. The van der Waals surface area contributed by atoms with Crippen LogP contribution in [0.3, 0.4) is 0 Å². The monoisotopic (exact) mass is 528 g/mol. The molecule has 1 atom stereocenters. The van der Waals surface area contributed by atoms with E-state index in [0.29, 0.717) is 27.2 Å². The van der Waals surface area contributed by atoms with Crippen LogP contribution in [0.4, 0.5) is 11.4 Å². The van der Waals surface area contributed by atoms with Crippen molar-refractivity contribution < 1.29 is 19.1 Å². The summed E-state index contributed by atoms with van der Waals surface area (Å²) in [4.78, 5) is 30.8. The number of ketones is 1. The Kier molecular flexibility index (Phi) is 6.32. The molecule has 4 aromatic rings. The number of aliphatic hydroxyl groups is 1. The molecular weight excluding hydrogens is 500 g/mol. The van der Waals surface area contributed by atoms with Crippen LogP contribution >= 0.6 is 11.6 Å². The average Bonchev–Trinajstić information content (AvgIpc) is 3.41. The normalized spacial score (nSPS) is 16.0. The smallest absolute Gasteiger partial charge is 0.294 e. The molecule has 1 N–H and O–H groups in total. The van der Waals surface area contributed by atoms with Crippen LogP contribution in [0, 0.1) is 0 Å². The summed E-state index contributed by atoms with van der Waals surface area (Å²) in [5.41, 5.74) is 3.73. The Hall–Kier alpha value is -4.03. The molecular formula is C31H29ClN2O4. The molecule has 1 aromatic heterocycles. The summed E-state index contributed by atoms with van der Waals surface area (Å²) in [6.07, 6.45) is 0. The minimum atomic E-state index is -0.844. The number of halogens is 1. The number of rotatable bonds is 5. The molecule has 7 heteroatoms. The van der Waals surface area contributed by atoms with Gasteiger partial charge in [-0.15, -0.1) is 0 Å². The molecule has 194 valence electrons. The van der Waals surface area contributed by atoms with E-state index < -0.39 is 23.5 Å². The number of fused-ring (bicyclic) bond motifs is 1. The lowest BCUT2D eigenvalue weighted by Crippen LogP contribution is -2.31. The van der Waals surface area contributed by atoms with Gasteiger partial charge in [0.2, 0.25) is 5.78 Å². The van der Waals surface area contributed by atoms with Gasteiger partial charge in [-0.3, -0.25) is 14.5 Å². The van der Waals surface area contributed by atoms with Gasteiger partial charge in [-0.25, -0.2) is 0 Å². The third-order valence-corrected chi connectivity index (χ3v) is 7.13. The van der Waals surface area contributed by atoms with Gasteiger partial charge >= 0.3 is 0 Å². The standard InChI is InChI=1S/C31H29ClN2O4/c1-31(2,3)20-8-13-23(14-9-20)34-27(18-6-11-22(12-7-18)33(4)5)26(29(36)30(34)37)28(35)25-17-19-16-21(32)10-15-24(19)38-25/h6-17,27,36H,1-5H3. The molecule has 1 amide bonds. The van der Waals surface area contributed by atoms with Crippen LogP contribution < -0.4 is 9.80 Å². The Labute approximate surface area is 226 Å².